The van der Waals surface area contributed by atoms with Gasteiger partial charge in [0.1, 0.15) is 5.76 Å². The van der Waals surface area contributed by atoms with Crippen LogP contribution in [0, 0.1) is 0 Å². The predicted octanol–water partition coefficient (Wildman–Crippen LogP) is 1.18. The maximum Gasteiger partial charge on any atom is 0.151 e. The van der Waals surface area contributed by atoms with Crippen molar-refractivity contribution in [2.45, 2.75) is 20.0 Å². The lowest BCUT2D eigenvalue weighted by atomic mass is 9.96. The van der Waals surface area contributed by atoms with Crippen molar-refractivity contribution in [3.63, 3.8) is 0 Å². The fraction of sp³-hybridized carbons (Fsp3) is 0.444. The zero-order valence-corrected chi connectivity index (χ0v) is 8.64. The van der Waals surface area contributed by atoms with E-state index in [2.05, 4.69) is 0 Å². The summed E-state index contributed by atoms with van der Waals surface area (Å²) in [5.41, 5.74) is 1.80. The van der Waals surface area contributed by atoms with Crippen LogP contribution in [0.4, 0.5) is 0 Å². The van der Waals surface area contributed by atoms with E-state index >= 15 is 0 Å². The Balaban J connectivity index is 3.24. The number of aliphatic hydroxyl groups excluding tert-OH is 1. The van der Waals surface area contributed by atoms with Gasteiger partial charge in [0.05, 0.1) is 16.1 Å². The van der Waals surface area contributed by atoms with Gasteiger partial charge in [-0.15, -0.1) is 0 Å². The average molecular weight is 200 g/mol. The molecular formula is C9H12O3S. The van der Waals surface area contributed by atoms with E-state index in [4.69, 9.17) is 4.74 Å². The Labute approximate surface area is 80.8 Å². The molecule has 4 heteroatoms. The lowest BCUT2D eigenvalue weighted by Gasteiger charge is -2.21. The quantitative estimate of drug-likeness (QED) is 0.646. The molecular weight excluding hydrogens is 188 g/mol. The Morgan fingerprint density at radius 1 is 1.54 bits per heavy atom. The topological polar surface area (TPSA) is 46.5 Å². The molecule has 0 aromatic carbocycles. The molecule has 1 aliphatic rings. The molecule has 13 heavy (non-hydrogen) atoms. The molecule has 0 aliphatic heterocycles. The summed E-state index contributed by atoms with van der Waals surface area (Å²) < 4.78 is 15.8. The summed E-state index contributed by atoms with van der Waals surface area (Å²) in [4.78, 5) is 0.542. The molecule has 0 fully saturated rings. The molecule has 1 aliphatic carbocycles. The number of methoxy groups -OCH3 is 1. The SMILES string of the molecule is COC1C(O)=CC(C)=C(C)C1=S=O. The minimum Gasteiger partial charge on any atom is -0.509 e. The highest BCUT2D eigenvalue weighted by atomic mass is 32.1. The highest BCUT2D eigenvalue weighted by Gasteiger charge is 2.25. The van der Waals surface area contributed by atoms with Gasteiger partial charge in [-0.1, -0.05) is 0 Å². The van der Waals surface area contributed by atoms with Crippen molar-refractivity contribution < 1.29 is 14.1 Å². The van der Waals surface area contributed by atoms with Crippen molar-refractivity contribution in [1.29, 1.82) is 0 Å². The molecule has 3 nitrogen and oxygen atoms in total. The van der Waals surface area contributed by atoms with Crippen molar-refractivity contribution >= 4 is 16.1 Å². The number of hydrogen-bond acceptors (Lipinski definition) is 3. The van der Waals surface area contributed by atoms with E-state index < -0.39 is 6.10 Å². The molecule has 0 amide bonds. The van der Waals surface area contributed by atoms with Gasteiger partial charge in [-0.05, 0) is 31.1 Å². The number of aliphatic hydroxyl groups is 1. The minimum absolute atomic E-state index is 0.101. The number of allylic oxidation sites excluding steroid dienone is 2. The van der Waals surface area contributed by atoms with Crippen LogP contribution in [0.5, 0.6) is 0 Å². The maximum atomic E-state index is 10.8. The van der Waals surface area contributed by atoms with E-state index in [1.165, 1.54) is 7.11 Å². The van der Waals surface area contributed by atoms with Crippen LogP contribution in [0.25, 0.3) is 0 Å². The number of rotatable bonds is 1. The van der Waals surface area contributed by atoms with Gasteiger partial charge in [0.15, 0.2) is 6.10 Å². The van der Waals surface area contributed by atoms with Crippen LogP contribution in [-0.2, 0) is 16.0 Å². The van der Waals surface area contributed by atoms with Gasteiger partial charge in [-0.25, -0.2) is 4.21 Å². The molecule has 0 heterocycles. The molecule has 0 radical (unpaired) electrons. The monoisotopic (exact) mass is 200 g/mol. The van der Waals surface area contributed by atoms with E-state index in [0.717, 1.165) is 11.1 Å². The summed E-state index contributed by atoms with van der Waals surface area (Å²) in [7, 11) is 1.47. The first-order valence-corrected chi connectivity index (χ1v) is 4.63. The third-order valence-corrected chi connectivity index (χ3v) is 2.86. The van der Waals surface area contributed by atoms with Gasteiger partial charge in [0.25, 0.3) is 0 Å². The second-order valence-corrected chi connectivity index (χ2v) is 3.55. The molecule has 0 aromatic heterocycles. The first-order valence-electron chi connectivity index (χ1n) is 3.89. The van der Waals surface area contributed by atoms with Crippen molar-refractivity contribution in [2.24, 2.45) is 0 Å². The van der Waals surface area contributed by atoms with E-state index in [9.17, 15) is 9.32 Å². The summed E-state index contributed by atoms with van der Waals surface area (Å²) in [5, 5.41) is 9.49. The Hall–Kier alpha value is -0.870. The molecule has 1 atom stereocenters. The highest BCUT2D eigenvalue weighted by Crippen LogP contribution is 2.21. The lowest BCUT2D eigenvalue weighted by Crippen LogP contribution is -2.29. The first kappa shape index (κ1) is 10.2. The normalized spacial score (nSPS) is 23.2. The Bertz CT molecular complexity index is 335. The molecule has 72 valence electrons. The molecule has 1 rings (SSSR count). The second-order valence-electron chi connectivity index (χ2n) is 2.94. The summed E-state index contributed by atoms with van der Waals surface area (Å²) in [5.74, 6) is 0.101. The van der Waals surface area contributed by atoms with Crippen LogP contribution >= 0.6 is 0 Å². The van der Waals surface area contributed by atoms with Crippen molar-refractivity contribution in [2.75, 3.05) is 7.11 Å². The lowest BCUT2D eigenvalue weighted by molar-refractivity contribution is 0.142. The van der Waals surface area contributed by atoms with Crippen LogP contribution in [-0.4, -0.2) is 27.4 Å². The largest absolute Gasteiger partial charge is 0.509 e. The van der Waals surface area contributed by atoms with Gasteiger partial charge in [-0.2, -0.15) is 0 Å². The smallest absolute Gasteiger partial charge is 0.151 e. The van der Waals surface area contributed by atoms with Gasteiger partial charge >= 0.3 is 0 Å². The highest BCUT2D eigenvalue weighted by molar-refractivity contribution is 7.67. The van der Waals surface area contributed by atoms with E-state index in [1.54, 1.807) is 6.08 Å². The zero-order valence-electron chi connectivity index (χ0n) is 7.83. The van der Waals surface area contributed by atoms with Crippen molar-refractivity contribution in [1.82, 2.24) is 0 Å². The standard InChI is InChI=1S/C9H12O3S/c1-5-4-7(10)8(12-3)9(13-11)6(5)2/h4,8,10H,1-3H3. The third-order valence-electron chi connectivity index (χ3n) is 2.16. The summed E-state index contributed by atoms with van der Waals surface area (Å²) >= 11 is 0.377. The third kappa shape index (κ3) is 1.73. The predicted molar refractivity (Wildman–Crippen MR) is 53.0 cm³/mol. The minimum atomic E-state index is -0.578. The molecule has 0 saturated heterocycles. The maximum absolute atomic E-state index is 10.8. The summed E-state index contributed by atoms with van der Waals surface area (Å²) in [6.45, 7) is 3.71. The second kappa shape index (κ2) is 3.89. The van der Waals surface area contributed by atoms with Crippen LogP contribution in [0.2, 0.25) is 0 Å². The molecule has 0 spiro atoms. The number of hydrogen-bond donors (Lipinski definition) is 1. The van der Waals surface area contributed by atoms with E-state index in [1.807, 2.05) is 13.8 Å². The Morgan fingerprint density at radius 2 is 2.15 bits per heavy atom. The van der Waals surface area contributed by atoms with Crippen LogP contribution in [0.3, 0.4) is 0 Å². The van der Waals surface area contributed by atoms with E-state index in [-0.39, 0.29) is 5.76 Å². The van der Waals surface area contributed by atoms with Gasteiger partial charge in [0.2, 0.25) is 0 Å². The fourth-order valence-corrected chi connectivity index (χ4v) is 1.86. The van der Waals surface area contributed by atoms with Gasteiger partial charge in [-0.3, -0.25) is 0 Å². The molecule has 0 saturated carbocycles. The van der Waals surface area contributed by atoms with Crippen LogP contribution < -0.4 is 0 Å². The fourth-order valence-electron chi connectivity index (χ4n) is 1.27. The molecule has 0 aromatic rings. The molecule has 1 unspecified atom stereocenters. The average Bonchev–Trinajstić information content (AvgIpc) is 2.10. The van der Waals surface area contributed by atoms with Crippen molar-refractivity contribution in [3.05, 3.63) is 23.0 Å². The Kier molecular flexibility index (Phi) is 3.06. The van der Waals surface area contributed by atoms with E-state index in [0.29, 0.717) is 16.1 Å². The van der Waals surface area contributed by atoms with Crippen LogP contribution in [0.15, 0.2) is 23.0 Å². The summed E-state index contributed by atoms with van der Waals surface area (Å²) in [6.07, 6.45) is 1.05. The zero-order chi connectivity index (χ0) is 10.0. The molecule has 0 bridgehead atoms. The van der Waals surface area contributed by atoms with Gasteiger partial charge < -0.3 is 9.84 Å². The number of ether oxygens (including phenoxy) is 1. The van der Waals surface area contributed by atoms with Crippen LogP contribution in [0.1, 0.15) is 13.8 Å². The first-order chi connectivity index (χ1) is 6.11. The van der Waals surface area contributed by atoms with Gasteiger partial charge in [0, 0.05) is 7.11 Å². The van der Waals surface area contributed by atoms with Crippen molar-refractivity contribution in [3.8, 4) is 0 Å². The molecule has 1 N–H and O–H groups in total. The summed E-state index contributed by atoms with van der Waals surface area (Å²) in [6, 6.07) is 0. The Morgan fingerprint density at radius 3 is 2.62 bits per heavy atom.